The van der Waals surface area contributed by atoms with Crippen molar-refractivity contribution < 1.29 is 4.79 Å². The molecule has 0 fully saturated rings. The Morgan fingerprint density at radius 1 is 1.18 bits per heavy atom. The van der Waals surface area contributed by atoms with Crippen LogP contribution in [-0.2, 0) is 7.05 Å². The molecule has 8 nitrogen and oxygen atoms in total. The van der Waals surface area contributed by atoms with Crippen molar-refractivity contribution in [2.24, 2.45) is 7.05 Å². The van der Waals surface area contributed by atoms with E-state index >= 15 is 0 Å². The molecular weight excluding hydrogens is 446 g/mol. The maximum atomic E-state index is 12.6. The van der Waals surface area contributed by atoms with Crippen molar-refractivity contribution in [1.29, 1.82) is 0 Å². The number of anilines is 2. The highest BCUT2D eigenvalue weighted by Gasteiger charge is 2.18. The summed E-state index contributed by atoms with van der Waals surface area (Å²) in [6.45, 7) is 3.41. The van der Waals surface area contributed by atoms with Crippen LogP contribution in [-0.4, -0.2) is 57.5 Å². The van der Waals surface area contributed by atoms with Gasteiger partial charge in [-0.1, -0.05) is 0 Å². The second-order valence-electron chi connectivity index (χ2n) is 8.65. The molecule has 3 N–H and O–H groups in total. The van der Waals surface area contributed by atoms with E-state index in [0.29, 0.717) is 12.4 Å². The lowest BCUT2D eigenvalue weighted by atomic mass is 10.2. The maximum Gasteiger partial charge on any atom is 0.287 e. The molecule has 0 unspecified atom stereocenters. The van der Waals surface area contributed by atoms with Crippen LogP contribution in [0.25, 0.3) is 31.7 Å². The van der Waals surface area contributed by atoms with Crippen LogP contribution in [0.5, 0.6) is 0 Å². The highest BCUT2D eigenvalue weighted by Crippen LogP contribution is 2.37. The number of rotatable bonds is 7. The van der Waals surface area contributed by atoms with Gasteiger partial charge >= 0.3 is 0 Å². The van der Waals surface area contributed by atoms with E-state index in [9.17, 15) is 4.79 Å². The molecule has 0 aliphatic carbocycles. The fourth-order valence-electron chi connectivity index (χ4n) is 4.00. The first-order valence-electron chi connectivity index (χ1n) is 11.1. The summed E-state index contributed by atoms with van der Waals surface area (Å²) >= 11 is 1.63. The van der Waals surface area contributed by atoms with Crippen molar-refractivity contribution in [2.75, 3.05) is 32.5 Å². The van der Waals surface area contributed by atoms with Crippen LogP contribution >= 0.6 is 11.3 Å². The summed E-state index contributed by atoms with van der Waals surface area (Å²) in [5, 5.41) is 7.65. The van der Waals surface area contributed by atoms with Crippen molar-refractivity contribution in [3.63, 3.8) is 0 Å². The number of hydrogen-bond acceptors (Lipinski definition) is 6. The van der Waals surface area contributed by atoms with Gasteiger partial charge < -0.3 is 25.1 Å². The van der Waals surface area contributed by atoms with Gasteiger partial charge in [-0.15, -0.1) is 11.3 Å². The van der Waals surface area contributed by atoms with E-state index in [0.717, 1.165) is 49.9 Å². The predicted molar refractivity (Wildman–Crippen MR) is 139 cm³/mol. The van der Waals surface area contributed by atoms with Crippen LogP contribution in [0.4, 0.5) is 11.4 Å². The van der Waals surface area contributed by atoms with Crippen LogP contribution < -0.4 is 10.6 Å². The molecule has 5 rings (SSSR count). The summed E-state index contributed by atoms with van der Waals surface area (Å²) in [5.41, 5.74) is 6.07. The number of aromatic amines is 1. The molecule has 0 saturated heterocycles. The van der Waals surface area contributed by atoms with Crippen LogP contribution in [0, 0.1) is 6.92 Å². The lowest BCUT2D eigenvalue weighted by molar-refractivity contribution is 0.0937. The number of fused-ring (bicyclic) bond motifs is 2. The number of aryl methyl sites for hydroxylation is 1. The van der Waals surface area contributed by atoms with Crippen molar-refractivity contribution in [2.45, 2.75) is 6.92 Å². The van der Waals surface area contributed by atoms with E-state index in [1.54, 1.807) is 17.5 Å². The number of imidazole rings is 1. The predicted octanol–water partition coefficient (Wildman–Crippen LogP) is 4.52. The molecule has 1 amide bonds. The Bertz CT molecular complexity index is 1490. The van der Waals surface area contributed by atoms with E-state index in [1.807, 2.05) is 42.9 Å². The Morgan fingerprint density at radius 3 is 2.85 bits per heavy atom. The van der Waals surface area contributed by atoms with Gasteiger partial charge in [-0.25, -0.2) is 4.98 Å². The van der Waals surface area contributed by atoms with Crippen molar-refractivity contribution in [1.82, 2.24) is 29.7 Å². The van der Waals surface area contributed by atoms with E-state index in [4.69, 9.17) is 0 Å². The number of hydrogen-bond donors (Lipinski definition) is 3. The van der Waals surface area contributed by atoms with E-state index < -0.39 is 0 Å². The monoisotopic (exact) mass is 473 g/mol. The topological polar surface area (TPSA) is 90.9 Å². The zero-order valence-electron chi connectivity index (χ0n) is 19.6. The highest BCUT2D eigenvalue weighted by molar-refractivity contribution is 7.22. The van der Waals surface area contributed by atoms with Gasteiger partial charge in [0.05, 0.1) is 32.7 Å². The number of pyridine rings is 1. The lowest BCUT2D eigenvalue weighted by Crippen LogP contribution is -2.32. The molecule has 9 heteroatoms. The number of carbonyl (C=O) groups is 1. The Labute approximate surface area is 201 Å². The molecule has 0 spiro atoms. The van der Waals surface area contributed by atoms with Crippen LogP contribution in [0.1, 0.15) is 16.3 Å². The smallest absolute Gasteiger partial charge is 0.287 e. The zero-order valence-corrected chi connectivity index (χ0v) is 20.5. The largest absolute Gasteiger partial charge is 0.359 e. The van der Waals surface area contributed by atoms with Gasteiger partial charge in [0.25, 0.3) is 5.91 Å². The molecule has 4 aromatic heterocycles. The van der Waals surface area contributed by atoms with Gasteiger partial charge in [0.15, 0.2) is 5.82 Å². The number of amides is 1. The number of likely N-dealkylation sites (N-methyl/N-ethyl adjacent to an activating group) is 1. The maximum absolute atomic E-state index is 12.6. The first-order valence-corrected chi connectivity index (χ1v) is 11.9. The molecular formula is C25H27N7OS. The highest BCUT2D eigenvalue weighted by atomic mass is 32.1. The fourth-order valence-corrected chi connectivity index (χ4v) is 5.13. The van der Waals surface area contributed by atoms with Gasteiger partial charge in [0.1, 0.15) is 0 Å². The van der Waals surface area contributed by atoms with Gasteiger partial charge in [-0.05, 0) is 57.4 Å². The fraction of sp³-hybridized carbons (Fsp3) is 0.240. The minimum Gasteiger partial charge on any atom is -0.359 e. The van der Waals surface area contributed by atoms with Crippen LogP contribution in [0.15, 0.2) is 48.8 Å². The van der Waals surface area contributed by atoms with Gasteiger partial charge in [-0.3, -0.25) is 9.78 Å². The average molecular weight is 474 g/mol. The number of benzene rings is 1. The average Bonchev–Trinajstić information content (AvgIpc) is 3.48. The minimum atomic E-state index is -0.174. The van der Waals surface area contributed by atoms with Gasteiger partial charge in [0, 0.05) is 48.6 Å². The molecule has 0 bridgehead atoms. The first-order chi connectivity index (χ1) is 16.4. The Balaban J connectivity index is 1.42. The molecule has 0 aliphatic heterocycles. The standard InChI is InChI=1S/C25H27N7OS/c1-15-11-16-12-17(5-6-18(16)29-15)30-19-7-8-26-20-13-22(34-23(19)20)21-14-28-24(32(21)4)25(33)27-9-10-31(2)3/h5-8,11-14,29H,9-10H2,1-4H3,(H,26,30)(H,27,33). The van der Waals surface area contributed by atoms with Crippen molar-refractivity contribution in [3.8, 4) is 10.6 Å². The van der Waals surface area contributed by atoms with Crippen molar-refractivity contribution >= 4 is 49.7 Å². The van der Waals surface area contributed by atoms with Gasteiger partial charge in [0.2, 0.25) is 0 Å². The van der Waals surface area contributed by atoms with Crippen LogP contribution in [0.2, 0.25) is 0 Å². The molecule has 0 saturated carbocycles. The number of aromatic nitrogens is 4. The number of nitrogens with one attached hydrogen (secondary N) is 3. The third-order valence-electron chi connectivity index (χ3n) is 5.73. The first kappa shape index (κ1) is 22.1. The molecule has 4 heterocycles. The summed E-state index contributed by atoms with van der Waals surface area (Å²) in [7, 11) is 5.82. The number of carbonyl (C=O) groups excluding carboxylic acids is 1. The normalized spacial score (nSPS) is 11.6. The quantitative estimate of drug-likeness (QED) is 0.323. The summed E-state index contributed by atoms with van der Waals surface area (Å²) in [6, 6.07) is 12.5. The third kappa shape index (κ3) is 4.27. The molecule has 0 aliphatic rings. The van der Waals surface area contributed by atoms with Gasteiger partial charge in [-0.2, -0.15) is 0 Å². The summed E-state index contributed by atoms with van der Waals surface area (Å²) in [5.74, 6) is 0.222. The van der Waals surface area contributed by atoms with Crippen LogP contribution in [0.3, 0.4) is 0 Å². The van der Waals surface area contributed by atoms with Crippen molar-refractivity contribution in [3.05, 3.63) is 60.3 Å². The number of nitrogens with zero attached hydrogens (tertiary/aromatic N) is 4. The molecule has 1 aromatic carbocycles. The number of thiophene rings is 1. The second kappa shape index (κ2) is 8.92. The Morgan fingerprint density at radius 2 is 2.03 bits per heavy atom. The third-order valence-corrected chi connectivity index (χ3v) is 6.91. The molecule has 0 radical (unpaired) electrons. The summed E-state index contributed by atoms with van der Waals surface area (Å²) in [4.78, 5) is 27.9. The molecule has 174 valence electrons. The SMILES string of the molecule is Cc1cc2cc(Nc3ccnc4cc(-c5cnc(C(=O)NCCN(C)C)n5C)sc34)ccc2[nH]1. The second-order valence-corrected chi connectivity index (χ2v) is 9.70. The van der Waals surface area contributed by atoms with E-state index in [1.165, 1.54) is 5.39 Å². The molecule has 5 aromatic rings. The molecule has 34 heavy (non-hydrogen) atoms. The van der Waals surface area contributed by atoms with E-state index in [-0.39, 0.29) is 5.91 Å². The lowest BCUT2D eigenvalue weighted by Gasteiger charge is -2.10. The minimum absolute atomic E-state index is 0.174. The zero-order chi connectivity index (χ0) is 23.8. The summed E-state index contributed by atoms with van der Waals surface area (Å²) < 4.78 is 2.89. The number of H-pyrrole nitrogens is 1. The Kier molecular flexibility index (Phi) is 5.80. The summed E-state index contributed by atoms with van der Waals surface area (Å²) in [6.07, 6.45) is 3.56. The molecule has 0 atom stereocenters. The Hall–Kier alpha value is -3.69. The van der Waals surface area contributed by atoms with E-state index in [2.05, 4.69) is 62.8 Å².